The molecule has 1 aromatic carbocycles. The van der Waals surface area contributed by atoms with Crippen molar-refractivity contribution in [2.75, 3.05) is 0 Å². The zero-order chi connectivity index (χ0) is 13.0. The normalized spacial score (nSPS) is 10.8. The van der Waals surface area contributed by atoms with Crippen LogP contribution in [0.2, 0.25) is 0 Å². The third-order valence-corrected chi connectivity index (χ3v) is 3.15. The first kappa shape index (κ1) is 12.8. The van der Waals surface area contributed by atoms with Gasteiger partial charge in [0.1, 0.15) is 0 Å². The smallest absolute Gasteiger partial charge is 0.0625 e. The minimum Gasteiger partial charge on any atom is -0.307 e. The molecule has 0 aliphatic rings. The van der Waals surface area contributed by atoms with E-state index in [0.717, 1.165) is 25.2 Å². The van der Waals surface area contributed by atoms with Crippen molar-refractivity contribution in [1.29, 1.82) is 0 Å². The van der Waals surface area contributed by atoms with Crippen LogP contribution in [0.4, 0.5) is 0 Å². The summed E-state index contributed by atoms with van der Waals surface area (Å²) in [6, 6.07) is 10.8. The molecule has 0 unspecified atom stereocenters. The average molecular weight is 243 g/mol. The molecule has 0 spiro atoms. The highest BCUT2D eigenvalue weighted by molar-refractivity contribution is 5.21. The summed E-state index contributed by atoms with van der Waals surface area (Å²) >= 11 is 0. The lowest BCUT2D eigenvalue weighted by molar-refractivity contribution is 0.623. The van der Waals surface area contributed by atoms with Crippen LogP contribution < -0.4 is 5.32 Å². The van der Waals surface area contributed by atoms with Crippen LogP contribution in [0.25, 0.3) is 0 Å². The molecule has 0 atom stereocenters. The summed E-state index contributed by atoms with van der Waals surface area (Å²) in [5.74, 6) is 0. The lowest BCUT2D eigenvalue weighted by atomic mass is 10.1. The predicted molar refractivity (Wildman–Crippen MR) is 74.3 cm³/mol. The van der Waals surface area contributed by atoms with Crippen LogP contribution >= 0.6 is 0 Å². The lowest BCUT2D eigenvalue weighted by Gasteiger charge is -2.05. The Morgan fingerprint density at radius 3 is 2.50 bits per heavy atom. The van der Waals surface area contributed by atoms with E-state index < -0.39 is 0 Å². The van der Waals surface area contributed by atoms with Gasteiger partial charge in [0.15, 0.2) is 0 Å². The number of nitrogens with zero attached hydrogens (tertiary/aromatic N) is 2. The van der Waals surface area contributed by atoms with Gasteiger partial charge in [0.2, 0.25) is 0 Å². The Morgan fingerprint density at radius 1 is 1.17 bits per heavy atom. The fourth-order valence-corrected chi connectivity index (χ4v) is 1.95. The van der Waals surface area contributed by atoms with Crippen molar-refractivity contribution in [2.45, 2.75) is 33.4 Å². The quantitative estimate of drug-likeness (QED) is 0.874. The minimum atomic E-state index is 0.859. The SMILES string of the molecule is CCc1cc(CNCc2ccc(C)cc2)n(C)n1. The first-order valence-electron chi connectivity index (χ1n) is 6.47. The van der Waals surface area contributed by atoms with Gasteiger partial charge >= 0.3 is 0 Å². The molecule has 1 heterocycles. The average Bonchev–Trinajstić information content (AvgIpc) is 2.73. The number of rotatable bonds is 5. The Labute approximate surface area is 109 Å². The lowest BCUT2D eigenvalue weighted by Crippen LogP contribution is -2.15. The van der Waals surface area contributed by atoms with Gasteiger partial charge in [-0.1, -0.05) is 36.8 Å². The van der Waals surface area contributed by atoms with Crippen molar-refractivity contribution < 1.29 is 0 Å². The van der Waals surface area contributed by atoms with Gasteiger partial charge in [-0.25, -0.2) is 0 Å². The molecule has 1 N–H and O–H groups in total. The van der Waals surface area contributed by atoms with E-state index in [1.54, 1.807) is 0 Å². The molecular weight excluding hydrogens is 222 g/mol. The van der Waals surface area contributed by atoms with Gasteiger partial charge in [0.25, 0.3) is 0 Å². The van der Waals surface area contributed by atoms with Gasteiger partial charge in [0, 0.05) is 20.1 Å². The molecule has 3 heteroatoms. The van der Waals surface area contributed by atoms with Gasteiger partial charge in [-0.2, -0.15) is 5.10 Å². The van der Waals surface area contributed by atoms with Gasteiger partial charge in [-0.15, -0.1) is 0 Å². The molecule has 0 fully saturated rings. The maximum absolute atomic E-state index is 4.44. The van der Waals surface area contributed by atoms with Crippen LogP contribution in [0.1, 0.15) is 29.4 Å². The van der Waals surface area contributed by atoms with Crippen molar-refractivity contribution in [3.8, 4) is 0 Å². The molecule has 3 nitrogen and oxygen atoms in total. The van der Waals surface area contributed by atoms with Crippen LogP contribution in [-0.4, -0.2) is 9.78 Å². The van der Waals surface area contributed by atoms with Gasteiger partial charge < -0.3 is 5.32 Å². The van der Waals surface area contributed by atoms with Crippen LogP contribution in [0.15, 0.2) is 30.3 Å². The van der Waals surface area contributed by atoms with Gasteiger partial charge in [-0.3, -0.25) is 4.68 Å². The minimum absolute atomic E-state index is 0.859. The first-order valence-corrected chi connectivity index (χ1v) is 6.47. The summed E-state index contributed by atoms with van der Waals surface area (Å²) in [5, 5.41) is 7.90. The van der Waals surface area contributed by atoms with Gasteiger partial charge in [0.05, 0.1) is 11.4 Å². The first-order chi connectivity index (χ1) is 8.69. The van der Waals surface area contributed by atoms with Crippen molar-refractivity contribution in [3.05, 3.63) is 52.8 Å². The summed E-state index contributed by atoms with van der Waals surface area (Å²) in [6.07, 6.45) is 0.992. The van der Waals surface area contributed by atoms with E-state index in [0.29, 0.717) is 0 Å². The molecule has 0 saturated carbocycles. The molecule has 1 aromatic heterocycles. The third-order valence-electron chi connectivity index (χ3n) is 3.15. The Balaban J connectivity index is 1.88. The fourth-order valence-electron chi connectivity index (χ4n) is 1.95. The molecule has 0 amide bonds. The summed E-state index contributed by atoms with van der Waals surface area (Å²) in [4.78, 5) is 0. The predicted octanol–water partition coefficient (Wildman–Crippen LogP) is 2.58. The van der Waals surface area contributed by atoms with Crippen LogP contribution in [0.5, 0.6) is 0 Å². The Morgan fingerprint density at radius 2 is 1.89 bits per heavy atom. The summed E-state index contributed by atoms with van der Waals surface area (Å²) < 4.78 is 1.96. The largest absolute Gasteiger partial charge is 0.307 e. The molecule has 96 valence electrons. The third kappa shape index (κ3) is 3.20. The van der Waals surface area contributed by atoms with E-state index in [9.17, 15) is 0 Å². The molecule has 0 aliphatic heterocycles. The Bertz CT molecular complexity index is 497. The zero-order valence-corrected chi connectivity index (χ0v) is 11.4. The van der Waals surface area contributed by atoms with E-state index >= 15 is 0 Å². The van der Waals surface area contributed by atoms with Crippen molar-refractivity contribution in [3.63, 3.8) is 0 Å². The summed E-state index contributed by atoms with van der Waals surface area (Å²) in [7, 11) is 2.00. The van der Waals surface area contributed by atoms with Crippen molar-refractivity contribution in [2.24, 2.45) is 7.05 Å². The highest BCUT2D eigenvalue weighted by Gasteiger charge is 2.02. The fraction of sp³-hybridized carbons (Fsp3) is 0.400. The number of aryl methyl sites for hydroxylation is 3. The van der Waals surface area contributed by atoms with E-state index in [1.165, 1.54) is 16.8 Å². The molecule has 2 aromatic rings. The molecule has 0 bridgehead atoms. The molecule has 18 heavy (non-hydrogen) atoms. The number of benzene rings is 1. The van der Waals surface area contributed by atoms with Crippen molar-refractivity contribution >= 4 is 0 Å². The number of nitrogens with one attached hydrogen (secondary N) is 1. The topological polar surface area (TPSA) is 29.9 Å². The Hall–Kier alpha value is -1.61. The number of aromatic nitrogens is 2. The monoisotopic (exact) mass is 243 g/mol. The second-order valence-electron chi connectivity index (χ2n) is 4.69. The van der Waals surface area contributed by atoms with E-state index in [4.69, 9.17) is 0 Å². The van der Waals surface area contributed by atoms with E-state index in [1.807, 2.05) is 11.7 Å². The highest BCUT2D eigenvalue weighted by atomic mass is 15.3. The Kier molecular flexibility index (Phi) is 4.15. The molecular formula is C15H21N3. The van der Waals surface area contributed by atoms with Crippen LogP contribution in [0, 0.1) is 6.92 Å². The highest BCUT2D eigenvalue weighted by Crippen LogP contribution is 2.05. The van der Waals surface area contributed by atoms with E-state index in [-0.39, 0.29) is 0 Å². The van der Waals surface area contributed by atoms with Crippen LogP contribution in [-0.2, 0) is 26.6 Å². The maximum Gasteiger partial charge on any atom is 0.0625 e. The molecule has 0 aliphatic carbocycles. The van der Waals surface area contributed by atoms with E-state index in [2.05, 4.69) is 54.6 Å². The molecule has 2 rings (SSSR count). The summed E-state index contributed by atoms with van der Waals surface area (Å²) in [6.45, 7) is 6.00. The number of hydrogen-bond acceptors (Lipinski definition) is 2. The second kappa shape index (κ2) is 5.83. The van der Waals surface area contributed by atoms with Crippen molar-refractivity contribution in [1.82, 2.24) is 15.1 Å². The van der Waals surface area contributed by atoms with Crippen LogP contribution in [0.3, 0.4) is 0 Å². The molecule has 0 radical (unpaired) electrons. The zero-order valence-electron chi connectivity index (χ0n) is 11.4. The number of hydrogen-bond donors (Lipinski definition) is 1. The van der Waals surface area contributed by atoms with Gasteiger partial charge in [-0.05, 0) is 25.0 Å². The second-order valence-corrected chi connectivity index (χ2v) is 4.69. The molecule has 0 saturated heterocycles. The standard InChI is InChI=1S/C15H21N3/c1-4-14-9-15(18(3)17-14)11-16-10-13-7-5-12(2)6-8-13/h5-9,16H,4,10-11H2,1-3H3. The summed E-state index contributed by atoms with van der Waals surface area (Å²) in [5.41, 5.74) is 5.01. The maximum atomic E-state index is 4.44.